The molecular formula is C21H23N3O2S. The third-order valence-electron chi connectivity index (χ3n) is 4.96. The third kappa shape index (κ3) is 4.17. The average Bonchev–Trinajstić information content (AvgIpc) is 3.12. The van der Waals surface area contributed by atoms with E-state index in [1.807, 2.05) is 47.0 Å². The van der Waals surface area contributed by atoms with Gasteiger partial charge in [-0.3, -0.25) is 9.59 Å². The van der Waals surface area contributed by atoms with Crippen LogP contribution in [0.25, 0.3) is 0 Å². The lowest BCUT2D eigenvalue weighted by molar-refractivity contribution is -0.116. The van der Waals surface area contributed by atoms with Crippen LogP contribution in [0, 0.1) is 0 Å². The van der Waals surface area contributed by atoms with Crippen LogP contribution in [0.5, 0.6) is 0 Å². The third-order valence-corrected chi connectivity index (χ3v) is 6.09. The molecular weight excluding hydrogens is 358 g/mol. The van der Waals surface area contributed by atoms with Gasteiger partial charge in [0.05, 0.1) is 0 Å². The minimum absolute atomic E-state index is 0.0221. The monoisotopic (exact) mass is 381 g/mol. The van der Waals surface area contributed by atoms with Gasteiger partial charge < -0.3 is 15.5 Å². The molecule has 2 N–H and O–H groups in total. The summed E-state index contributed by atoms with van der Waals surface area (Å²) in [5.41, 5.74) is 3.45. The maximum Gasteiger partial charge on any atom is 0.258 e. The molecule has 2 aromatic rings. The molecule has 27 heavy (non-hydrogen) atoms. The fraction of sp³-hybridized carbons (Fsp3) is 0.333. The van der Waals surface area contributed by atoms with Crippen molar-refractivity contribution in [1.82, 2.24) is 5.32 Å². The Morgan fingerprint density at radius 2 is 2.07 bits per heavy atom. The maximum absolute atomic E-state index is 13.0. The molecule has 0 saturated carbocycles. The first kappa shape index (κ1) is 18.1. The number of para-hydroxylation sites is 1. The molecule has 1 unspecified atom stereocenters. The molecule has 1 fully saturated rings. The minimum Gasteiger partial charge on any atom is -0.326 e. The van der Waals surface area contributed by atoms with Crippen LogP contribution >= 0.6 is 11.8 Å². The maximum atomic E-state index is 13.0. The number of carbonyl (C=O) groups excluding carboxylic acids is 2. The molecule has 4 rings (SSSR count). The summed E-state index contributed by atoms with van der Waals surface area (Å²) in [6.07, 6.45) is 1.33. The Morgan fingerprint density at radius 1 is 1.19 bits per heavy atom. The predicted molar refractivity (Wildman–Crippen MR) is 111 cm³/mol. The van der Waals surface area contributed by atoms with Crippen LogP contribution in [-0.2, 0) is 11.2 Å². The lowest BCUT2D eigenvalue weighted by atomic mass is 10.1. The highest BCUT2D eigenvalue weighted by Crippen LogP contribution is 2.29. The van der Waals surface area contributed by atoms with Crippen molar-refractivity contribution in [3.05, 3.63) is 59.7 Å². The number of nitrogens with one attached hydrogen (secondary N) is 2. The van der Waals surface area contributed by atoms with Gasteiger partial charge in [0.1, 0.15) is 0 Å². The second-order valence-corrected chi connectivity index (χ2v) is 8.04. The molecule has 140 valence electrons. The van der Waals surface area contributed by atoms with Crippen molar-refractivity contribution in [2.45, 2.75) is 18.9 Å². The highest BCUT2D eigenvalue weighted by Gasteiger charge is 2.25. The van der Waals surface area contributed by atoms with E-state index in [0.29, 0.717) is 24.2 Å². The molecule has 5 nitrogen and oxygen atoms in total. The van der Waals surface area contributed by atoms with Crippen molar-refractivity contribution >= 4 is 35.0 Å². The van der Waals surface area contributed by atoms with Crippen molar-refractivity contribution in [3.63, 3.8) is 0 Å². The van der Waals surface area contributed by atoms with Gasteiger partial charge in [0.15, 0.2) is 0 Å². The molecule has 0 radical (unpaired) electrons. The quantitative estimate of drug-likeness (QED) is 0.855. The standard InChI is InChI=1S/C21H23N3O2S/c25-20(13-18-14-27-11-9-22-18)23-17-6-3-5-16(12-17)21(26)24-10-8-15-4-1-2-7-19(15)24/h1-7,12,18,22H,8-11,13-14H2,(H,23,25). The Kier molecular flexibility index (Phi) is 5.45. The summed E-state index contributed by atoms with van der Waals surface area (Å²) in [4.78, 5) is 27.1. The predicted octanol–water partition coefficient (Wildman–Crippen LogP) is 2.92. The molecule has 2 aliphatic heterocycles. The minimum atomic E-state index is -0.0265. The van der Waals surface area contributed by atoms with E-state index in [1.54, 1.807) is 12.1 Å². The van der Waals surface area contributed by atoms with Crippen molar-refractivity contribution in [1.29, 1.82) is 0 Å². The summed E-state index contributed by atoms with van der Waals surface area (Å²) >= 11 is 1.87. The van der Waals surface area contributed by atoms with Crippen molar-refractivity contribution in [3.8, 4) is 0 Å². The zero-order valence-electron chi connectivity index (χ0n) is 15.1. The van der Waals surface area contributed by atoms with Gasteiger partial charge in [-0.15, -0.1) is 0 Å². The number of benzene rings is 2. The number of carbonyl (C=O) groups is 2. The smallest absolute Gasteiger partial charge is 0.258 e. The largest absolute Gasteiger partial charge is 0.326 e. The Bertz CT molecular complexity index is 849. The van der Waals surface area contributed by atoms with E-state index < -0.39 is 0 Å². The Morgan fingerprint density at radius 3 is 2.93 bits per heavy atom. The van der Waals surface area contributed by atoms with Crippen molar-refractivity contribution < 1.29 is 9.59 Å². The van der Waals surface area contributed by atoms with Crippen LogP contribution in [0.2, 0.25) is 0 Å². The number of thioether (sulfide) groups is 1. The fourth-order valence-corrected chi connectivity index (χ4v) is 4.57. The van der Waals surface area contributed by atoms with Gasteiger partial charge in [-0.2, -0.15) is 11.8 Å². The molecule has 2 aromatic carbocycles. The first-order valence-electron chi connectivity index (χ1n) is 9.31. The molecule has 1 atom stereocenters. The van der Waals surface area contributed by atoms with Crippen LogP contribution in [0.4, 0.5) is 11.4 Å². The zero-order valence-corrected chi connectivity index (χ0v) is 15.9. The number of hydrogen-bond acceptors (Lipinski definition) is 4. The number of anilines is 2. The van der Waals surface area contributed by atoms with E-state index in [2.05, 4.69) is 16.7 Å². The van der Waals surface area contributed by atoms with Crippen molar-refractivity contribution in [2.24, 2.45) is 0 Å². The van der Waals surface area contributed by atoms with E-state index in [9.17, 15) is 9.59 Å². The Labute approximate surface area is 163 Å². The average molecular weight is 382 g/mol. The SMILES string of the molecule is O=C(CC1CSCCN1)Nc1cccc(C(=O)N2CCc3ccccc32)c1. The van der Waals surface area contributed by atoms with Gasteiger partial charge in [-0.05, 0) is 36.2 Å². The zero-order chi connectivity index (χ0) is 18.6. The van der Waals surface area contributed by atoms with Crippen LogP contribution < -0.4 is 15.5 Å². The number of fused-ring (bicyclic) bond motifs is 1. The van der Waals surface area contributed by atoms with E-state index in [-0.39, 0.29) is 17.9 Å². The highest BCUT2D eigenvalue weighted by molar-refractivity contribution is 7.99. The summed E-state index contributed by atoms with van der Waals surface area (Å²) < 4.78 is 0. The molecule has 0 bridgehead atoms. The fourth-order valence-electron chi connectivity index (χ4n) is 3.62. The van der Waals surface area contributed by atoms with Gasteiger partial charge in [0.25, 0.3) is 5.91 Å². The lowest BCUT2D eigenvalue weighted by Crippen LogP contribution is -2.39. The highest BCUT2D eigenvalue weighted by atomic mass is 32.2. The van der Waals surface area contributed by atoms with E-state index in [0.717, 1.165) is 30.2 Å². The normalized spacial score (nSPS) is 18.8. The first-order chi connectivity index (χ1) is 13.2. The van der Waals surface area contributed by atoms with Crippen LogP contribution in [0.15, 0.2) is 48.5 Å². The summed E-state index contributed by atoms with van der Waals surface area (Å²) in [6.45, 7) is 1.64. The number of amides is 2. The van der Waals surface area contributed by atoms with E-state index in [4.69, 9.17) is 0 Å². The van der Waals surface area contributed by atoms with Crippen LogP contribution in [0.3, 0.4) is 0 Å². The van der Waals surface area contributed by atoms with Gasteiger partial charge in [-0.1, -0.05) is 24.3 Å². The summed E-state index contributed by atoms with van der Waals surface area (Å²) in [5, 5.41) is 6.30. The molecule has 1 saturated heterocycles. The van der Waals surface area contributed by atoms with Gasteiger partial charge in [-0.25, -0.2) is 0 Å². The van der Waals surface area contributed by atoms with Gasteiger partial charge >= 0.3 is 0 Å². The van der Waals surface area contributed by atoms with Crippen LogP contribution in [0.1, 0.15) is 22.3 Å². The Hall–Kier alpha value is -2.31. The summed E-state index contributed by atoms with van der Waals surface area (Å²) in [7, 11) is 0. The number of hydrogen-bond donors (Lipinski definition) is 2. The topological polar surface area (TPSA) is 61.4 Å². The molecule has 0 aromatic heterocycles. The molecule has 2 heterocycles. The summed E-state index contributed by atoms with van der Waals surface area (Å²) in [5.74, 6) is 2.01. The molecule has 2 amide bonds. The van der Waals surface area contributed by atoms with Gasteiger partial charge in [0.2, 0.25) is 5.91 Å². The Balaban J connectivity index is 1.43. The molecule has 6 heteroatoms. The van der Waals surface area contributed by atoms with Gasteiger partial charge in [0, 0.05) is 54.0 Å². The van der Waals surface area contributed by atoms with E-state index in [1.165, 1.54) is 5.56 Å². The van der Waals surface area contributed by atoms with Crippen molar-refractivity contribution in [2.75, 3.05) is 34.8 Å². The first-order valence-corrected chi connectivity index (χ1v) is 10.5. The number of nitrogens with zero attached hydrogens (tertiary/aromatic N) is 1. The van der Waals surface area contributed by atoms with Crippen LogP contribution in [-0.4, -0.2) is 42.5 Å². The van der Waals surface area contributed by atoms with E-state index >= 15 is 0 Å². The number of rotatable bonds is 4. The second kappa shape index (κ2) is 8.15. The molecule has 2 aliphatic rings. The molecule has 0 aliphatic carbocycles. The molecule has 0 spiro atoms. The second-order valence-electron chi connectivity index (χ2n) is 6.89. The lowest BCUT2D eigenvalue weighted by Gasteiger charge is -2.22. The summed E-state index contributed by atoms with van der Waals surface area (Å²) in [6, 6.07) is 15.5.